The molecule has 0 aromatic heterocycles. The van der Waals surface area contributed by atoms with Crippen molar-refractivity contribution in [3.8, 4) is 11.5 Å². The normalized spacial score (nSPS) is 25.7. The molecular formula is C11H14O4. The van der Waals surface area contributed by atoms with Gasteiger partial charge in [-0.15, -0.1) is 0 Å². The highest BCUT2D eigenvalue weighted by Gasteiger charge is 2.27. The number of benzene rings is 1. The number of hydrogen-bond donors (Lipinski definition) is 3. The largest absolute Gasteiger partial charge is 0.508 e. The van der Waals surface area contributed by atoms with E-state index in [4.69, 9.17) is 14.9 Å². The molecular weight excluding hydrogens is 196 g/mol. The van der Waals surface area contributed by atoms with Gasteiger partial charge in [-0.1, -0.05) is 6.07 Å². The van der Waals surface area contributed by atoms with Crippen molar-refractivity contribution < 1.29 is 20.1 Å². The van der Waals surface area contributed by atoms with E-state index in [0.717, 1.165) is 5.56 Å². The Morgan fingerprint density at radius 3 is 2.73 bits per heavy atom. The lowest BCUT2D eigenvalue weighted by molar-refractivity contribution is 0.0584. The van der Waals surface area contributed by atoms with E-state index in [1.54, 1.807) is 12.1 Å². The quantitative estimate of drug-likeness (QED) is 0.680. The molecule has 1 fully saturated rings. The fourth-order valence-corrected chi connectivity index (χ4v) is 1.93. The molecule has 1 aliphatic heterocycles. The first-order valence-corrected chi connectivity index (χ1v) is 4.95. The number of aliphatic hydroxyl groups excluding tert-OH is 1. The van der Waals surface area contributed by atoms with Crippen molar-refractivity contribution in [3.05, 3.63) is 23.8 Å². The molecule has 0 amide bonds. The van der Waals surface area contributed by atoms with Gasteiger partial charge in [-0.05, 0) is 18.1 Å². The van der Waals surface area contributed by atoms with Crippen molar-refractivity contribution in [2.75, 3.05) is 13.2 Å². The maximum Gasteiger partial charge on any atom is 0.122 e. The Labute approximate surface area is 87.7 Å². The second kappa shape index (κ2) is 4.08. The third kappa shape index (κ3) is 2.06. The minimum absolute atomic E-state index is 0.00927. The van der Waals surface area contributed by atoms with Crippen molar-refractivity contribution in [2.24, 2.45) is 0 Å². The summed E-state index contributed by atoms with van der Waals surface area (Å²) in [6.07, 6.45) is 0.567. The van der Waals surface area contributed by atoms with Crippen LogP contribution >= 0.6 is 0 Å². The molecule has 0 unspecified atom stereocenters. The summed E-state index contributed by atoms with van der Waals surface area (Å²) in [5, 5.41) is 27.7. The summed E-state index contributed by atoms with van der Waals surface area (Å²) in [4.78, 5) is 0. The summed E-state index contributed by atoms with van der Waals surface area (Å²) in [6.45, 7) is 0.513. The van der Waals surface area contributed by atoms with Crippen LogP contribution < -0.4 is 0 Å². The highest BCUT2D eigenvalue weighted by atomic mass is 16.5. The zero-order valence-corrected chi connectivity index (χ0v) is 8.26. The Kier molecular flexibility index (Phi) is 2.79. The van der Waals surface area contributed by atoms with Gasteiger partial charge in [-0.2, -0.15) is 0 Å². The molecule has 0 radical (unpaired) electrons. The number of aromatic hydroxyl groups is 2. The van der Waals surface area contributed by atoms with Crippen LogP contribution in [-0.2, 0) is 4.74 Å². The number of phenolic OH excluding ortho intramolecular Hbond substituents is 2. The summed E-state index contributed by atoms with van der Waals surface area (Å²) < 4.78 is 5.33. The molecule has 1 aromatic rings. The molecule has 0 aliphatic carbocycles. The predicted molar refractivity (Wildman–Crippen MR) is 54.0 cm³/mol. The first-order chi connectivity index (χ1) is 7.20. The topological polar surface area (TPSA) is 69.9 Å². The molecule has 82 valence electrons. The van der Waals surface area contributed by atoms with E-state index in [1.165, 1.54) is 6.07 Å². The van der Waals surface area contributed by atoms with Crippen LogP contribution in [0.2, 0.25) is 0 Å². The summed E-state index contributed by atoms with van der Waals surface area (Å²) >= 11 is 0. The Balaban J connectivity index is 2.17. The van der Waals surface area contributed by atoms with Crippen molar-refractivity contribution in [2.45, 2.75) is 18.4 Å². The van der Waals surface area contributed by atoms with Gasteiger partial charge in [0, 0.05) is 12.0 Å². The minimum atomic E-state index is -0.136. The fraction of sp³-hybridized carbons (Fsp3) is 0.455. The molecule has 0 spiro atoms. The van der Waals surface area contributed by atoms with Crippen LogP contribution in [0.25, 0.3) is 0 Å². The number of phenols is 2. The van der Waals surface area contributed by atoms with E-state index < -0.39 is 0 Å². The second-order valence-electron chi connectivity index (χ2n) is 3.81. The van der Waals surface area contributed by atoms with E-state index in [2.05, 4.69) is 0 Å². The van der Waals surface area contributed by atoms with Gasteiger partial charge in [0.15, 0.2) is 0 Å². The lowest BCUT2D eigenvalue weighted by Crippen LogP contribution is -2.09. The highest BCUT2D eigenvalue weighted by molar-refractivity contribution is 5.41. The SMILES string of the molecule is OC[C@H]1C[C@H](c2ccc(O)cc2O)CO1. The number of aliphatic hydroxyl groups is 1. The Morgan fingerprint density at radius 1 is 1.33 bits per heavy atom. The maximum atomic E-state index is 9.63. The van der Waals surface area contributed by atoms with Crippen LogP contribution in [0.1, 0.15) is 17.9 Å². The lowest BCUT2D eigenvalue weighted by Gasteiger charge is -2.10. The van der Waals surface area contributed by atoms with Gasteiger partial charge < -0.3 is 20.1 Å². The van der Waals surface area contributed by atoms with Crippen molar-refractivity contribution in [3.63, 3.8) is 0 Å². The molecule has 1 saturated heterocycles. The van der Waals surface area contributed by atoms with Crippen LogP contribution in [-0.4, -0.2) is 34.6 Å². The average molecular weight is 210 g/mol. The molecule has 1 aliphatic rings. The zero-order valence-electron chi connectivity index (χ0n) is 8.26. The van der Waals surface area contributed by atoms with Crippen LogP contribution in [0.4, 0.5) is 0 Å². The fourth-order valence-electron chi connectivity index (χ4n) is 1.93. The molecule has 4 heteroatoms. The Morgan fingerprint density at radius 2 is 2.13 bits per heavy atom. The number of rotatable bonds is 2. The smallest absolute Gasteiger partial charge is 0.122 e. The Hall–Kier alpha value is -1.26. The summed E-state index contributed by atoms with van der Waals surface area (Å²) in [6, 6.07) is 4.56. The van der Waals surface area contributed by atoms with Gasteiger partial charge in [0.1, 0.15) is 11.5 Å². The molecule has 0 bridgehead atoms. The van der Waals surface area contributed by atoms with Crippen molar-refractivity contribution in [1.82, 2.24) is 0 Å². The first kappa shape index (κ1) is 10.3. The monoisotopic (exact) mass is 210 g/mol. The minimum Gasteiger partial charge on any atom is -0.508 e. The van der Waals surface area contributed by atoms with Crippen LogP contribution in [0.3, 0.4) is 0 Å². The van der Waals surface area contributed by atoms with Crippen molar-refractivity contribution in [1.29, 1.82) is 0 Å². The molecule has 1 heterocycles. The molecule has 2 atom stereocenters. The summed E-state index contributed by atoms with van der Waals surface area (Å²) in [5.74, 6) is 0.235. The van der Waals surface area contributed by atoms with Gasteiger partial charge in [0.25, 0.3) is 0 Å². The van der Waals surface area contributed by atoms with Crippen LogP contribution in [0.15, 0.2) is 18.2 Å². The van der Waals surface area contributed by atoms with E-state index in [-0.39, 0.29) is 30.1 Å². The zero-order chi connectivity index (χ0) is 10.8. The highest BCUT2D eigenvalue weighted by Crippen LogP contribution is 2.35. The van der Waals surface area contributed by atoms with Gasteiger partial charge in [0.05, 0.1) is 19.3 Å². The van der Waals surface area contributed by atoms with E-state index in [9.17, 15) is 5.11 Å². The average Bonchev–Trinajstić information content (AvgIpc) is 2.66. The molecule has 1 aromatic carbocycles. The van der Waals surface area contributed by atoms with Gasteiger partial charge in [-0.3, -0.25) is 0 Å². The first-order valence-electron chi connectivity index (χ1n) is 4.95. The lowest BCUT2D eigenvalue weighted by atomic mass is 9.95. The van der Waals surface area contributed by atoms with Gasteiger partial charge in [0.2, 0.25) is 0 Å². The van der Waals surface area contributed by atoms with Gasteiger partial charge in [-0.25, -0.2) is 0 Å². The Bertz CT molecular complexity index is 350. The van der Waals surface area contributed by atoms with Crippen LogP contribution in [0, 0.1) is 0 Å². The summed E-state index contributed by atoms with van der Waals surface area (Å²) in [7, 11) is 0. The predicted octanol–water partition coefficient (Wildman–Crippen LogP) is 0.963. The van der Waals surface area contributed by atoms with Crippen LogP contribution in [0.5, 0.6) is 11.5 Å². The van der Waals surface area contributed by atoms with E-state index in [1.807, 2.05) is 0 Å². The third-order valence-electron chi connectivity index (χ3n) is 2.74. The van der Waals surface area contributed by atoms with E-state index >= 15 is 0 Å². The molecule has 15 heavy (non-hydrogen) atoms. The van der Waals surface area contributed by atoms with Gasteiger partial charge >= 0.3 is 0 Å². The third-order valence-corrected chi connectivity index (χ3v) is 2.74. The second-order valence-corrected chi connectivity index (χ2v) is 3.81. The number of hydrogen-bond acceptors (Lipinski definition) is 4. The standard InChI is InChI=1S/C11H14O4/c12-5-9-3-7(6-15-9)10-2-1-8(13)4-11(10)14/h1-2,4,7,9,12-14H,3,5-6H2/t7-,9+/m0/s1. The molecule has 0 saturated carbocycles. The maximum absolute atomic E-state index is 9.63. The number of ether oxygens (including phenoxy) is 1. The molecule has 4 nitrogen and oxygen atoms in total. The van der Waals surface area contributed by atoms with Crippen molar-refractivity contribution >= 4 is 0 Å². The molecule has 3 N–H and O–H groups in total. The van der Waals surface area contributed by atoms with E-state index in [0.29, 0.717) is 13.0 Å². The summed E-state index contributed by atoms with van der Waals surface area (Å²) in [5.41, 5.74) is 0.767. The molecule has 2 rings (SSSR count).